The molecule has 15 heavy (non-hydrogen) atoms. The minimum absolute atomic E-state index is 0.0742. The third kappa shape index (κ3) is 3.52. The fourth-order valence-corrected chi connectivity index (χ4v) is 1.44. The number of hydrogen-bond donors (Lipinski definition) is 1. The van der Waals surface area contributed by atoms with Crippen LogP contribution in [0.3, 0.4) is 0 Å². The predicted octanol–water partition coefficient (Wildman–Crippen LogP) is 0.748. The highest BCUT2D eigenvalue weighted by atomic mass is 16.2. The van der Waals surface area contributed by atoms with Crippen molar-refractivity contribution in [3.05, 3.63) is 0 Å². The summed E-state index contributed by atoms with van der Waals surface area (Å²) in [6.45, 7) is 1.73. The largest absolute Gasteiger partial charge is 0.355 e. The molecule has 4 nitrogen and oxygen atoms in total. The van der Waals surface area contributed by atoms with Crippen LogP contribution in [0.2, 0.25) is 0 Å². The van der Waals surface area contributed by atoms with E-state index < -0.39 is 5.41 Å². The van der Waals surface area contributed by atoms with E-state index in [0.717, 1.165) is 32.2 Å². The zero-order chi connectivity index (χ0) is 11.3. The number of carbonyl (C=O) groups excluding carboxylic acids is 1. The molecular formula is C11H19N3O. The topological polar surface area (TPSA) is 56.1 Å². The highest BCUT2D eigenvalue weighted by Gasteiger charge is 2.50. The summed E-state index contributed by atoms with van der Waals surface area (Å²) in [7, 11) is 4.07. The van der Waals surface area contributed by atoms with Crippen LogP contribution in [-0.4, -0.2) is 38.0 Å². The first-order valence-corrected chi connectivity index (χ1v) is 5.45. The van der Waals surface area contributed by atoms with Crippen molar-refractivity contribution in [1.29, 1.82) is 5.26 Å². The van der Waals surface area contributed by atoms with Gasteiger partial charge in [-0.3, -0.25) is 4.79 Å². The first kappa shape index (κ1) is 12.0. The second-order valence-corrected chi connectivity index (χ2v) is 4.46. The van der Waals surface area contributed by atoms with Crippen molar-refractivity contribution in [2.45, 2.75) is 25.7 Å². The number of amides is 1. The monoisotopic (exact) mass is 209 g/mol. The van der Waals surface area contributed by atoms with Gasteiger partial charge in [-0.25, -0.2) is 0 Å². The van der Waals surface area contributed by atoms with E-state index in [1.807, 2.05) is 14.1 Å². The van der Waals surface area contributed by atoms with E-state index in [1.54, 1.807) is 0 Å². The van der Waals surface area contributed by atoms with Gasteiger partial charge in [0.2, 0.25) is 5.91 Å². The molecular weight excluding hydrogens is 190 g/mol. The number of nitrogens with zero attached hydrogens (tertiary/aromatic N) is 2. The molecule has 0 heterocycles. The van der Waals surface area contributed by atoms with Gasteiger partial charge in [-0.05, 0) is 46.3 Å². The highest BCUT2D eigenvalue weighted by molar-refractivity contribution is 5.88. The first-order chi connectivity index (χ1) is 7.10. The standard InChI is InChI=1S/C11H19N3O/c1-14(2)8-4-3-7-13-10(15)11(9-12)5-6-11/h3-8H2,1-2H3,(H,13,15). The molecule has 1 aliphatic carbocycles. The van der Waals surface area contributed by atoms with Crippen molar-refractivity contribution in [2.24, 2.45) is 5.41 Å². The Labute approximate surface area is 91.2 Å². The Morgan fingerprint density at radius 3 is 2.60 bits per heavy atom. The summed E-state index contributed by atoms with van der Waals surface area (Å²) in [5, 5.41) is 11.6. The lowest BCUT2D eigenvalue weighted by Gasteiger charge is -2.10. The maximum Gasteiger partial charge on any atom is 0.240 e. The summed E-state index contributed by atoms with van der Waals surface area (Å²) in [6.07, 6.45) is 3.51. The molecule has 0 aromatic heterocycles. The zero-order valence-electron chi connectivity index (χ0n) is 9.55. The highest BCUT2D eigenvalue weighted by Crippen LogP contribution is 2.44. The molecule has 1 saturated carbocycles. The van der Waals surface area contributed by atoms with E-state index in [9.17, 15) is 4.79 Å². The molecule has 1 rings (SSSR count). The van der Waals surface area contributed by atoms with Crippen LogP contribution in [0.25, 0.3) is 0 Å². The fourth-order valence-electron chi connectivity index (χ4n) is 1.44. The lowest BCUT2D eigenvalue weighted by Crippen LogP contribution is -2.32. The van der Waals surface area contributed by atoms with Gasteiger partial charge in [0.15, 0.2) is 0 Å². The molecule has 0 aromatic carbocycles. The molecule has 84 valence electrons. The van der Waals surface area contributed by atoms with Crippen LogP contribution in [0.4, 0.5) is 0 Å². The van der Waals surface area contributed by atoms with Crippen molar-refractivity contribution in [1.82, 2.24) is 10.2 Å². The van der Waals surface area contributed by atoms with E-state index in [1.165, 1.54) is 0 Å². The normalized spacial score (nSPS) is 17.2. The van der Waals surface area contributed by atoms with Gasteiger partial charge in [0.25, 0.3) is 0 Å². The average Bonchev–Trinajstić information content (AvgIpc) is 2.97. The Morgan fingerprint density at radius 1 is 1.47 bits per heavy atom. The van der Waals surface area contributed by atoms with Crippen LogP contribution in [0, 0.1) is 16.7 Å². The van der Waals surface area contributed by atoms with Crippen LogP contribution < -0.4 is 5.32 Å². The van der Waals surface area contributed by atoms with Gasteiger partial charge in [0, 0.05) is 6.54 Å². The number of nitriles is 1. The lowest BCUT2D eigenvalue weighted by molar-refractivity contribution is -0.124. The maximum atomic E-state index is 11.5. The zero-order valence-corrected chi connectivity index (χ0v) is 9.55. The van der Waals surface area contributed by atoms with Crippen LogP contribution in [0.1, 0.15) is 25.7 Å². The number of rotatable bonds is 6. The second kappa shape index (κ2) is 5.13. The summed E-state index contributed by atoms with van der Waals surface area (Å²) >= 11 is 0. The molecule has 1 N–H and O–H groups in total. The molecule has 0 atom stereocenters. The number of unbranched alkanes of at least 4 members (excludes halogenated alkanes) is 1. The lowest BCUT2D eigenvalue weighted by atomic mass is 10.1. The van der Waals surface area contributed by atoms with E-state index in [0.29, 0.717) is 6.54 Å². The SMILES string of the molecule is CN(C)CCCCNC(=O)C1(C#N)CC1. The van der Waals surface area contributed by atoms with Gasteiger partial charge >= 0.3 is 0 Å². The van der Waals surface area contributed by atoms with Crippen LogP contribution >= 0.6 is 0 Å². The Bertz CT molecular complexity index is 263. The minimum atomic E-state index is -0.665. The smallest absolute Gasteiger partial charge is 0.240 e. The number of hydrogen-bond acceptors (Lipinski definition) is 3. The third-order valence-corrected chi connectivity index (χ3v) is 2.72. The Hall–Kier alpha value is -1.08. The van der Waals surface area contributed by atoms with Crippen molar-refractivity contribution in [3.63, 3.8) is 0 Å². The number of carbonyl (C=O) groups is 1. The summed E-state index contributed by atoms with van der Waals surface area (Å²) in [4.78, 5) is 13.6. The number of nitrogens with one attached hydrogen (secondary N) is 1. The Kier molecular flexibility index (Phi) is 4.10. The molecule has 0 aliphatic heterocycles. The second-order valence-electron chi connectivity index (χ2n) is 4.46. The maximum absolute atomic E-state index is 11.5. The predicted molar refractivity (Wildman–Crippen MR) is 58.1 cm³/mol. The van der Waals surface area contributed by atoms with E-state index in [2.05, 4.69) is 16.3 Å². The fraction of sp³-hybridized carbons (Fsp3) is 0.818. The molecule has 0 radical (unpaired) electrons. The Balaban J connectivity index is 2.06. The van der Waals surface area contributed by atoms with Gasteiger partial charge < -0.3 is 10.2 Å². The molecule has 4 heteroatoms. The summed E-state index contributed by atoms with van der Waals surface area (Å²) < 4.78 is 0. The summed E-state index contributed by atoms with van der Waals surface area (Å²) in [5.41, 5.74) is -0.665. The van der Waals surface area contributed by atoms with Crippen molar-refractivity contribution >= 4 is 5.91 Å². The van der Waals surface area contributed by atoms with Gasteiger partial charge in [-0.1, -0.05) is 0 Å². The van der Waals surface area contributed by atoms with E-state index in [4.69, 9.17) is 5.26 Å². The molecule has 1 amide bonds. The molecule has 0 saturated heterocycles. The summed E-state index contributed by atoms with van der Waals surface area (Å²) in [6, 6.07) is 2.09. The molecule has 1 fully saturated rings. The van der Waals surface area contributed by atoms with Gasteiger partial charge in [0.05, 0.1) is 6.07 Å². The van der Waals surface area contributed by atoms with E-state index in [-0.39, 0.29) is 5.91 Å². The van der Waals surface area contributed by atoms with E-state index >= 15 is 0 Å². The van der Waals surface area contributed by atoms with Crippen molar-refractivity contribution in [3.8, 4) is 6.07 Å². The quantitative estimate of drug-likeness (QED) is 0.657. The van der Waals surface area contributed by atoms with Crippen LogP contribution in [0.5, 0.6) is 0 Å². The molecule has 0 aromatic rings. The molecule has 0 spiro atoms. The minimum Gasteiger partial charge on any atom is -0.355 e. The molecule has 0 unspecified atom stereocenters. The Morgan fingerprint density at radius 2 is 2.13 bits per heavy atom. The van der Waals surface area contributed by atoms with Crippen LogP contribution in [0.15, 0.2) is 0 Å². The van der Waals surface area contributed by atoms with Gasteiger partial charge in [-0.15, -0.1) is 0 Å². The molecule has 1 aliphatic rings. The summed E-state index contributed by atoms with van der Waals surface area (Å²) in [5.74, 6) is -0.0742. The van der Waals surface area contributed by atoms with Gasteiger partial charge in [0.1, 0.15) is 5.41 Å². The molecule has 0 bridgehead atoms. The van der Waals surface area contributed by atoms with Crippen LogP contribution in [-0.2, 0) is 4.79 Å². The average molecular weight is 209 g/mol. The van der Waals surface area contributed by atoms with Gasteiger partial charge in [-0.2, -0.15) is 5.26 Å². The first-order valence-electron chi connectivity index (χ1n) is 5.45. The van der Waals surface area contributed by atoms with Crippen molar-refractivity contribution in [2.75, 3.05) is 27.2 Å². The third-order valence-electron chi connectivity index (χ3n) is 2.72. The van der Waals surface area contributed by atoms with Crippen molar-refractivity contribution < 1.29 is 4.79 Å².